The number of piperazine rings is 1. The maximum atomic E-state index is 12.6. The molecular formula is C31H39N5O. The second-order valence-electron chi connectivity index (χ2n) is 10.9. The zero-order valence-electron chi connectivity index (χ0n) is 22.2. The summed E-state index contributed by atoms with van der Waals surface area (Å²) in [6, 6.07) is 18.1. The van der Waals surface area contributed by atoms with Crippen molar-refractivity contribution in [3.05, 3.63) is 64.7 Å². The van der Waals surface area contributed by atoms with Gasteiger partial charge in [0.2, 0.25) is 5.91 Å². The van der Waals surface area contributed by atoms with E-state index in [-0.39, 0.29) is 5.91 Å². The number of carbonyl (C=O) groups is 1. The van der Waals surface area contributed by atoms with Crippen molar-refractivity contribution in [3.8, 4) is 6.07 Å². The van der Waals surface area contributed by atoms with Gasteiger partial charge in [0.05, 0.1) is 11.6 Å². The minimum absolute atomic E-state index is 0.289. The Morgan fingerprint density at radius 3 is 2.57 bits per heavy atom. The summed E-state index contributed by atoms with van der Waals surface area (Å²) in [7, 11) is 0. The number of rotatable bonds is 7. The van der Waals surface area contributed by atoms with Crippen molar-refractivity contribution in [2.45, 2.75) is 51.6 Å². The summed E-state index contributed by atoms with van der Waals surface area (Å²) in [4.78, 5) is 19.6. The van der Waals surface area contributed by atoms with Crippen LogP contribution in [0.25, 0.3) is 11.6 Å². The van der Waals surface area contributed by atoms with Crippen LogP contribution in [0.1, 0.15) is 55.4 Å². The maximum Gasteiger partial charge on any atom is 0.223 e. The molecule has 6 heteroatoms. The van der Waals surface area contributed by atoms with E-state index in [0.29, 0.717) is 18.5 Å². The third-order valence-corrected chi connectivity index (χ3v) is 8.23. The van der Waals surface area contributed by atoms with E-state index >= 15 is 0 Å². The molecule has 1 aliphatic carbocycles. The highest BCUT2D eigenvalue weighted by molar-refractivity contribution is 5.89. The molecule has 2 aliphatic heterocycles. The van der Waals surface area contributed by atoms with E-state index in [9.17, 15) is 10.1 Å². The summed E-state index contributed by atoms with van der Waals surface area (Å²) >= 11 is 0. The van der Waals surface area contributed by atoms with Gasteiger partial charge < -0.3 is 15.1 Å². The molecule has 0 aromatic heterocycles. The predicted molar refractivity (Wildman–Crippen MR) is 150 cm³/mol. The average Bonchev–Trinajstić information content (AvgIpc) is 3.37. The highest BCUT2D eigenvalue weighted by atomic mass is 16.2. The molecule has 2 aromatic rings. The van der Waals surface area contributed by atoms with Gasteiger partial charge in [-0.05, 0) is 79.6 Å². The van der Waals surface area contributed by atoms with Gasteiger partial charge in [0.1, 0.15) is 0 Å². The van der Waals surface area contributed by atoms with Crippen molar-refractivity contribution < 1.29 is 4.79 Å². The summed E-state index contributed by atoms with van der Waals surface area (Å²) in [5.41, 5.74) is 7.04. The lowest BCUT2D eigenvalue weighted by atomic mass is 10.0. The van der Waals surface area contributed by atoms with Crippen LogP contribution in [0.15, 0.2) is 42.5 Å². The molecular weight excluding hydrogens is 458 g/mol. The SMILES string of the molecule is CC(C)N1CCN(C(=O)CCNC2CCN(c3cccc(C4=Cc5cc(C#N)ccc5C4)c3)CC2)CC1. The van der Waals surface area contributed by atoms with Crippen LogP contribution in [0.3, 0.4) is 0 Å². The smallest absolute Gasteiger partial charge is 0.223 e. The highest BCUT2D eigenvalue weighted by Gasteiger charge is 2.24. The molecule has 2 saturated heterocycles. The van der Waals surface area contributed by atoms with Crippen LogP contribution in [0, 0.1) is 11.3 Å². The molecule has 1 N–H and O–H groups in total. The first kappa shape index (κ1) is 25.5. The summed E-state index contributed by atoms with van der Waals surface area (Å²) < 4.78 is 0. The van der Waals surface area contributed by atoms with Gasteiger partial charge in [-0.2, -0.15) is 5.26 Å². The van der Waals surface area contributed by atoms with E-state index in [2.05, 4.69) is 71.4 Å². The predicted octanol–water partition coefficient (Wildman–Crippen LogP) is 4.16. The first-order valence-electron chi connectivity index (χ1n) is 13.8. The summed E-state index contributed by atoms with van der Waals surface area (Å²) in [5.74, 6) is 0.289. The van der Waals surface area contributed by atoms with E-state index in [4.69, 9.17) is 0 Å². The Bertz CT molecular complexity index is 1180. The number of nitrogens with zero attached hydrogens (tertiary/aromatic N) is 4. The Kier molecular flexibility index (Phi) is 7.93. The van der Waals surface area contributed by atoms with E-state index < -0.39 is 0 Å². The van der Waals surface area contributed by atoms with Gasteiger partial charge in [-0.15, -0.1) is 0 Å². The molecule has 5 rings (SSSR count). The van der Waals surface area contributed by atoms with Crippen molar-refractivity contribution in [2.75, 3.05) is 50.7 Å². The Morgan fingerprint density at radius 1 is 1.05 bits per heavy atom. The fourth-order valence-electron chi connectivity index (χ4n) is 5.86. The van der Waals surface area contributed by atoms with Crippen LogP contribution in [-0.4, -0.2) is 73.6 Å². The Labute approximate surface area is 221 Å². The van der Waals surface area contributed by atoms with Gasteiger partial charge in [-0.3, -0.25) is 9.69 Å². The van der Waals surface area contributed by atoms with Gasteiger partial charge in [-0.1, -0.05) is 24.3 Å². The summed E-state index contributed by atoms with van der Waals surface area (Å²) in [6.07, 6.45) is 5.93. The second-order valence-corrected chi connectivity index (χ2v) is 10.9. The number of hydrogen-bond acceptors (Lipinski definition) is 5. The van der Waals surface area contributed by atoms with Crippen LogP contribution in [0.2, 0.25) is 0 Å². The van der Waals surface area contributed by atoms with Gasteiger partial charge in [0.25, 0.3) is 0 Å². The molecule has 0 unspecified atom stereocenters. The maximum absolute atomic E-state index is 12.6. The minimum Gasteiger partial charge on any atom is -0.371 e. The van der Waals surface area contributed by atoms with Crippen molar-refractivity contribution in [2.24, 2.45) is 0 Å². The van der Waals surface area contributed by atoms with Crippen LogP contribution >= 0.6 is 0 Å². The number of fused-ring (bicyclic) bond motifs is 1. The van der Waals surface area contributed by atoms with Gasteiger partial charge in [-0.25, -0.2) is 0 Å². The molecule has 1 amide bonds. The quantitative estimate of drug-likeness (QED) is 0.623. The van der Waals surface area contributed by atoms with E-state index in [0.717, 1.165) is 70.6 Å². The lowest BCUT2D eigenvalue weighted by molar-refractivity contribution is -0.133. The zero-order chi connectivity index (χ0) is 25.8. The van der Waals surface area contributed by atoms with E-state index in [1.807, 2.05) is 17.0 Å². The Hall–Kier alpha value is -3.14. The third kappa shape index (κ3) is 6.06. The van der Waals surface area contributed by atoms with Crippen LogP contribution < -0.4 is 10.2 Å². The molecule has 0 saturated carbocycles. The third-order valence-electron chi connectivity index (χ3n) is 8.23. The monoisotopic (exact) mass is 497 g/mol. The molecule has 0 spiro atoms. The molecule has 37 heavy (non-hydrogen) atoms. The largest absolute Gasteiger partial charge is 0.371 e. The number of carbonyl (C=O) groups excluding carboxylic acids is 1. The van der Waals surface area contributed by atoms with Crippen LogP contribution in [-0.2, 0) is 11.2 Å². The molecule has 3 aliphatic rings. The number of piperidine rings is 1. The standard InChI is InChI=1S/C31H39N5O/c1-23(2)34-14-16-36(17-15-34)31(37)8-11-33-29-9-12-35(13-10-29)30-5-3-4-25(21-30)28-19-26-7-6-24(22-32)18-27(26)20-28/h3-7,18,20-21,23,29,33H,8-17,19H2,1-2H3. The number of nitriles is 1. The molecule has 0 atom stereocenters. The fourth-order valence-corrected chi connectivity index (χ4v) is 5.86. The Morgan fingerprint density at radius 2 is 1.84 bits per heavy atom. The first-order valence-corrected chi connectivity index (χ1v) is 13.8. The summed E-state index contributed by atoms with van der Waals surface area (Å²) in [5, 5.41) is 12.9. The molecule has 0 radical (unpaired) electrons. The number of benzene rings is 2. The normalized spacial score (nSPS) is 18.6. The first-order chi connectivity index (χ1) is 18.0. The van der Waals surface area contributed by atoms with Crippen molar-refractivity contribution >= 4 is 23.2 Å². The average molecular weight is 498 g/mol. The van der Waals surface area contributed by atoms with E-state index in [1.54, 1.807) is 0 Å². The number of hydrogen-bond donors (Lipinski definition) is 1. The topological polar surface area (TPSA) is 62.6 Å². The molecule has 0 bridgehead atoms. The molecule has 2 aromatic carbocycles. The lowest BCUT2D eigenvalue weighted by Crippen LogP contribution is -2.51. The highest BCUT2D eigenvalue weighted by Crippen LogP contribution is 2.34. The van der Waals surface area contributed by atoms with Gasteiger partial charge >= 0.3 is 0 Å². The summed E-state index contributed by atoms with van der Waals surface area (Å²) in [6.45, 7) is 11.0. The van der Waals surface area contributed by atoms with Crippen molar-refractivity contribution in [3.63, 3.8) is 0 Å². The number of allylic oxidation sites excluding steroid dienone is 1. The number of nitrogens with one attached hydrogen (secondary N) is 1. The molecule has 2 heterocycles. The van der Waals surface area contributed by atoms with E-state index in [1.165, 1.54) is 28.0 Å². The van der Waals surface area contributed by atoms with Crippen molar-refractivity contribution in [1.82, 2.24) is 15.1 Å². The van der Waals surface area contributed by atoms with Gasteiger partial charge in [0.15, 0.2) is 0 Å². The second kappa shape index (κ2) is 11.5. The van der Waals surface area contributed by atoms with Gasteiger partial charge in [0, 0.05) is 70.0 Å². The lowest BCUT2D eigenvalue weighted by Gasteiger charge is -2.37. The zero-order valence-corrected chi connectivity index (χ0v) is 22.2. The fraction of sp³-hybridized carbons (Fsp3) is 0.484. The van der Waals surface area contributed by atoms with Crippen LogP contribution in [0.4, 0.5) is 5.69 Å². The number of anilines is 1. The minimum atomic E-state index is 0.289. The number of amides is 1. The van der Waals surface area contributed by atoms with Crippen molar-refractivity contribution in [1.29, 1.82) is 5.26 Å². The molecule has 2 fully saturated rings. The molecule has 194 valence electrons. The molecule has 6 nitrogen and oxygen atoms in total. The van der Waals surface area contributed by atoms with Crippen LogP contribution in [0.5, 0.6) is 0 Å². The Balaban J connectivity index is 1.08.